The highest BCUT2D eigenvalue weighted by molar-refractivity contribution is 5.86. The number of nitrogens with one attached hydrogen (secondary N) is 2. The van der Waals surface area contributed by atoms with Crippen LogP contribution in [0.2, 0.25) is 0 Å². The molecule has 4 heteroatoms. The highest BCUT2D eigenvalue weighted by Crippen LogP contribution is 2.31. The predicted octanol–water partition coefficient (Wildman–Crippen LogP) is 0.341. The minimum Gasteiger partial charge on any atom is -0.339 e. The Hall–Kier alpha value is -0.610. The van der Waals surface area contributed by atoms with E-state index in [1.165, 1.54) is 12.8 Å². The van der Waals surface area contributed by atoms with Crippen LogP contribution in [0.5, 0.6) is 0 Å². The van der Waals surface area contributed by atoms with Crippen molar-refractivity contribution in [1.82, 2.24) is 15.5 Å². The van der Waals surface area contributed by atoms with E-state index in [1.54, 1.807) is 0 Å². The lowest BCUT2D eigenvalue weighted by Crippen LogP contribution is -2.59. The summed E-state index contributed by atoms with van der Waals surface area (Å²) >= 11 is 0. The van der Waals surface area contributed by atoms with Gasteiger partial charge in [0.25, 0.3) is 0 Å². The van der Waals surface area contributed by atoms with Crippen LogP contribution < -0.4 is 10.6 Å². The molecule has 1 aliphatic heterocycles. The van der Waals surface area contributed by atoms with Crippen molar-refractivity contribution < 1.29 is 4.79 Å². The standard InChI is InChI=1S/C12H23N3O/c1-2-14-12(5-3-4-6-12)11(16)15-9-7-13-8-10-15/h13-14H,2-10H2,1H3. The molecule has 4 nitrogen and oxygen atoms in total. The van der Waals surface area contributed by atoms with E-state index >= 15 is 0 Å². The fourth-order valence-electron chi connectivity index (χ4n) is 2.95. The van der Waals surface area contributed by atoms with Crippen LogP contribution in [0.15, 0.2) is 0 Å². The number of hydrogen-bond donors (Lipinski definition) is 2. The van der Waals surface area contributed by atoms with Gasteiger partial charge in [0.05, 0.1) is 5.54 Å². The van der Waals surface area contributed by atoms with Gasteiger partial charge in [0.2, 0.25) is 5.91 Å². The van der Waals surface area contributed by atoms with Gasteiger partial charge in [0.1, 0.15) is 0 Å². The second kappa shape index (κ2) is 5.15. The fourth-order valence-corrected chi connectivity index (χ4v) is 2.95. The van der Waals surface area contributed by atoms with Crippen molar-refractivity contribution in [3.8, 4) is 0 Å². The number of amides is 1. The van der Waals surface area contributed by atoms with Crippen LogP contribution >= 0.6 is 0 Å². The maximum atomic E-state index is 12.5. The average molecular weight is 225 g/mol. The molecule has 0 aromatic rings. The first-order valence-corrected chi connectivity index (χ1v) is 6.54. The Morgan fingerprint density at radius 3 is 2.50 bits per heavy atom. The lowest BCUT2D eigenvalue weighted by molar-refractivity contribution is -0.138. The van der Waals surface area contributed by atoms with Crippen molar-refractivity contribution in [2.75, 3.05) is 32.7 Å². The van der Waals surface area contributed by atoms with E-state index in [0.717, 1.165) is 45.6 Å². The summed E-state index contributed by atoms with van der Waals surface area (Å²) in [5.41, 5.74) is -0.230. The van der Waals surface area contributed by atoms with Gasteiger partial charge >= 0.3 is 0 Å². The van der Waals surface area contributed by atoms with Gasteiger partial charge in [-0.15, -0.1) is 0 Å². The number of hydrogen-bond acceptors (Lipinski definition) is 3. The molecule has 0 radical (unpaired) electrons. The summed E-state index contributed by atoms with van der Waals surface area (Å²) in [6.07, 6.45) is 4.41. The van der Waals surface area contributed by atoms with Crippen LogP contribution in [-0.4, -0.2) is 49.1 Å². The largest absolute Gasteiger partial charge is 0.339 e. The molecule has 2 N–H and O–H groups in total. The summed E-state index contributed by atoms with van der Waals surface area (Å²) in [6.45, 7) is 6.59. The van der Waals surface area contributed by atoms with Gasteiger partial charge in [-0.05, 0) is 19.4 Å². The summed E-state index contributed by atoms with van der Waals surface area (Å²) in [4.78, 5) is 14.6. The highest BCUT2D eigenvalue weighted by Gasteiger charge is 2.42. The summed E-state index contributed by atoms with van der Waals surface area (Å²) in [6, 6.07) is 0. The van der Waals surface area contributed by atoms with E-state index in [0.29, 0.717) is 5.91 Å². The molecular formula is C12H23N3O. The van der Waals surface area contributed by atoms with E-state index in [-0.39, 0.29) is 5.54 Å². The average Bonchev–Trinajstić information content (AvgIpc) is 2.80. The predicted molar refractivity (Wildman–Crippen MR) is 64.3 cm³/mol. The molecule has 1 saturated carbocycles. The van der Waals surface area contributed by atoms with Gasteiger partial charge in [-0.25, -0.2) is 0 Å². The van der Waals surface area contributed by atoms with E-state index in [1.807, 2.05) is 4.90 Å². The maximum absolute atomic E-state index is 12.5. The molecule has 1 aliphatic carbocycles. The molecule has 1 saturated heterocycles. The number of nitrogens with zero attached hydrogens (tertiary/aromatic N) is 1. The first-order chi connectivity index (χ1) is 7.78. The van der Waals surface area contributed by atoms with E-state index < -0.39 is 0 Å². The molecule has 2 fully saturated rings. The normalized spacial score (nSPS) is 24.7. The minimum atomic E-state index is -0.230. The minimum absolute atomic E-state index is 0.230. The Kier molecular flexibility index (Phi) is 3.82. The van der Waals surface area contributed by atoms with Crippen molar-refractivity contribution in [2.24, 2.45) is 0 Å². The number of carbonyl (C=O) groups excluding carboxylic acids is 1. The molecule has 0 bridgehead atoms. The molecule has 0 aromatic carbocycles. The maximum Gasteiger partial charge on any atom is 0.242 e. The van der Waals surface area contributed by atoms with Gasteiger partial charge in [-0.1, -0.05) is 19.8 Å². The summed E-state index contributed by atoms with van der Waals surface area (Å²) in [5, 5.41) is 6.73. The number of likely N-dealkylation sites (N-methyl/N-ethyl adjacent to an activating group) is 1. The molecule has 0 unspecified atom stereocenters. The summed E-state index contributed by atoms with van der Waals surface area (Å²) in [7, 11) is 0. The van der Waals surface area contributed by atoms with Crippen molar-refractivity contribution in [3.05, 3.63) is 0 Å². The van der Waals surface area contributed by atoms with Crippen LogP contribution in [-0.2, 0) is 4.79 Å². The van der Waals surface area contributed by atoms with Crippen molar-refractivity contribution in [3.63, 3.8) is 0 Å². The third-order valence-corrected chi connectivity index (χ3v) is 3.79. The first kappa shape index (κ1) is 11.9. The fraction of sp³-hybridized carbons (Fsp3) is 0.917. The molecule has 2 rings (SSSR count). The smallest absolute Gasteiger partial charge is 0.242 e. The molecule has 1 amide bonds. The number of piperazine rings is 1. The third-order valence-electron chi connectivity index (χ3n) is 3.79. The first-order valence-electron chi connectivity index (χ1n) is 6.54. The zero-order chi connectivity index (χ0) is 11.4. The number of carbonyl (C=O) groups is 1. The molecular weight excluding hydrogens is 202 g/mol. The topological polar surface area (TPSA) is 44.4 Å². The Bertz CT molecular complexity index is 243. The summed E-state index contributed by atoms with van der Waals surface area (Å²) in [5.74, 6) is 0.341. The Balaban J connectivity index is 2.04. The monoisotopic (exact) mass is 225 g/mol. The molecule has 1 heterocycles. The highest BCUT2D eigenvalue weighted by atomic mass is 16.2. The molecule has 16 heavy (non-hydrogen) atoms. The van der Waals surface area contributed by atoms with E-state index in [2.05, 4.69) is 17.6 Å². The quantitative estimate of drug-likeness (QED) is 0.728. The second-order valence-electron chi connectivity index (χ2n) is 4.86. The zero-order valence-electron chi connectivity index (χ0n) is 10.2. The molecule has 0 aromatic heterocycles. The van der Waals surface area contributed by atoms with E-state index in [9.17, 15) is 4.79 Å². The Morgan fingerprint density at radius 2 is 1.94 bits per heavy atom. The van der Waals surface area contributed by atoms with Gasteiger partial charge in [-0.2, -0.15) is 0 Å². The molecule has 92 valence electrons. The van der Waals surface area contributed by atoms with Gasteiger partial charge < -0.3 is 15.5 Å². The van der Waals surface area contributed by atoms with Crippen molar-refractivity contribution in [1.29, 1.82) is 0 Å². The van der Waals surface area contributed by atoms with E-state index in [4.69, 9.17) is 0 Å². The molecule has 0 atom stereocenters. The van der Waals surface area contributed by atoms with Crippen LogP contribution in [0.25, 0.3) is 0 Å². The van der Waals surface area contributed by atoms with Crippen molar-refractivity contribution in [2.45, 2.75) is 38.1 Å². The van der Waals surface area contributed by atoms with Gasteiger partial charge in [0, 0.05) is 26.2 Å². The van der Waals surface area contributed by atoms with Crippen molar-refractivity contribution >= 4 is 5.91 Å². The third kappa shape index (κ3) is 2.23. The van der Waals surface area contributed by atoms with Crippen LogP contribution in [0, 0.1) is 0 Å². The SMILES string of the molecule is CCNC1(C(=O)N2CCNCC2)CCCC1. The van der Waals surface area contributed by atoms with Crippen LogP contribution in [0.3, 0.4) is 0 Å². The molecule has 0 spiro atoms. The molecule has 2 aliphatic rings. The van der Waals surface area contributed by atoms with Gasteiger partial charge in [0.15, 0.2) is 0 Å². The number of rotatable bonds is 3. The Labute approximate surface area is 97.8 Å². The van der Waals surface area contributed by atoms with Crippen LogP contribution in [0.4, 0.5) is 0 Å². The zero-order valence-corrected chi connectivity index (χ0v) is 10.2. The van der Waals surface area contributed by atoms with Gasteiger partial charge in [-0.3, -0.25) is 4.79 Å². The lowest BCUT2D eigenvalue weighted by atomic mass is 9.95. The second-order valence-corrected chi connectivity index (χ2v) is 4.86. The van der Waals surface area contributed by atoms with Crippen LogP contribution in [0.1, 0.15) is 32.6 Å². The summed E-state index contributed by atoms with van der Waals surface area (Å²) < 4.78 is 0. The lowest BCUT2D eigenvalue weighted by Gasteiger charge is -2.37. The Morgan fingerprint density at radius 1 is 1.31 bits per heavy atom.